The minimum Gasteiger partial charge on any atom is -0.467 e. The summed E-state index contributed by atoms with van der Waals surface area (Å²) >= 11 is 0. The van der Waals surface area contributed by atoms with Gasteiger partial charge in [0, 0.05) is 19.3 Å². The largest absolute Gasteiger partial charge is 0.467 e. The molecule has 4 heterocycles. The number of fused-ring (bicyclic) bond motifs is 1. The van der Waals surface area contributed by atoms with Crippen LogP contribution in [0.1, 0.15) is 11.3 Å². The maximum Gasteiger partial charge on any atom is 0.234 e. The average molecular weight is 408 g/mol. The molecule has 7 heteroatoms. The van der Waals surface area contributed by atoms with Crippen molar-refractivity contribution in [2.75, 3.05) is 25.1 Å². The van der Waals surface area contributed by atoms with E-state index >= 15 is 0 Å². The van der Waals surface area contributed by atoms with E-state index in [1.807, 2.05) is 42.5 Å². The van der Waals surface area contributed by atoms with E-state index in [1.54, 1.807) is 29.2 Å². The number of hydrogen-bond donors (Lipinski definition) is 1. The fourth-order valence-electron chi connectivity index (χ4n) is 4.94. The Balaban J connectivity index is 1.39. The van der Waals surface area contributed by atoms with Crippen molar-refractivity contribution < 1.29 is 23.8 Å². The molecule has 1 aromatic carbocycles. The highest BCUT2D eigenvalue weighted by Crippen LogP contribution is 2.53. The third-order valence-electron chi connectivity index (χ3n) is 6.38. The SMILES string of the molecule is CN(Cc1ccco1)C(=O)C1C2C(=O)N(c3ccc(CCO)cc3)C[C@]23C=C[C@H]1O3. The lowest BCUT2D eigenvalue weighted by Crippen LogP contribution is -2.44. The van der Waals surface area contributed by atoms with E-state index in [1.165, 1.54) is 0 Å². The van der Waals surface area contributed by atoms with Crippen LogP contribution in [0.4, 0.5) is 5.69 Å². The molecule has 0 aliphatic carbocycles. The molecule has 7 nitrogen and oxygen atoms in total. The monoisotopic (exact) mass is 408 g/mol. The lowest BCUT2D eigenvalue weighted by Gasteiger charge is -2.27. The molecule has 0 saturated carbocycles. The molecule has 1 spiro atoms. The molecule has 156 valence electrons. The minimum atomic E-state index is -0.753. The van der Waals surface area contributed by atoms with E-state index < -0.39 is 17.4 Å². The number of nitrogens with zero attached hydrogens (tertiary/aromatic N) is 2. The Labute approximate surface area is 174 Å². The van der Waals surface area contributed by atoms with Crippen LogP contribution >= 0.6 is 0 Å². The Morgan fingerprint density at radius 2 is 2.10 bits per heavy atom. The van der Waals surface area contributed by atoms with Crippen LogP contribution in [-0.4, -0.2) is 53.7 Å². The second-order valence-corrected chi connectivity index (χ2v) is 8.24. The zero-order valence-corrected chi connectivity index (χ0v) is 16.7. The van der Waals surface area contributed by atoms with Gasteiger partial charge in [0.2, 0.25) is 11.8 Å². The van der Waals surface area contributed by atoms with Crippen molar-refractivity contribution in [3.8, 4) is 0 Å². The molecule has 0 radical (unpaired) electrons. The molecule has 2 amide bonds. The third-order valence-corrected chi connectivity index (χ3v) is 6.38. The maximum atomic E-state index is 13.4. The average Bonchev–Trinajstić information content (AvgIpc) is 3.51. The Kier molecular flexibility index (Phi) is 4.52. The summed E-state index contributed by atoms with van der Waals surface area (Å²) < 4.78 is 11.6. The number of furan rings is 1. The molecule has 2 unspecified atom stereocenters. The second-order valence-electron chi connectivity index (χ2n) is 8.24. The summed E-state index contributed by atoms with van der Waals surface area (Å²) in [7, 11) is 1.73. The number of carbonyl (C=O) groups is 2. The van der Waals surface area contributed by atoms with E-state index in [4.69, 9.17) is 14.3 Å². The van der Waals surface area contributed by atoms with Gasteiger partial charge in [0.05, 0.1) is 37.3 Å². The van der Waals surface area contributed by atoms with Crippen LogP contribution in [0.2, 0.25) is 0 Å². The molecule has 3 aliphatic heterocycles. The molecule has 30 heavy (non-hydrogen) atoms. The van der Waals surface area contributed by atoms with Gasteiger partial charge in [0.15, 0.2) is 0 Å². The van der Waals surface area contributed by atoms with Crippen LogP contribution in [0, 0.1) is 11.8 Å². The van der Waals surface area contributed by atoms with Gasteiger partial charge in [0.1, 0.15) is 11.4 Å². The predicted octanol–water partition coefficient (Wildman–Crippen LogP) is 1.76. The normalized spacial score (nSPS) is 28.9. The molecule has 4 atom stereocenters. The molecule has 2 bridgehead atoms. The van der Waals surface area contributed by atoms with Crippen molar-refractivity contribution in [1.82, 2.24) is 4.90 Å². The molecule has 5 rings (SSSR count). The van der Waals surface area contributed by atoms with Gasteiger partial charge in [-0.25, -0.2) is 0 Å². The van der Waals surface area contributed by atoms with Crippen LogP contribution < -0.4 is 4.90 Å². The molecule has 3 aliphatic rings. The van der Waals surface area contributed by atoms with E-state index in [0.29, 0.717) is 25.3 Å². The predicted molar refractivity (Wildman–Crippen MR) is 108 cm³/mol. The smallest absolute Gasteiger partial charge is 0.234 e. The molecular weight excluding hydrogens is 384 g/mol. The summed E-state index contributed by atoms with van der Waals surface area (Å²) in [5.74, 6) is -0.567. The lowest BCUT2D eigenvalue weighted by molar-refractivity contribution is -0.139. The number of hydrogen-bond acceptors (Lipinski definition) is 5. The lowest BCUT2D eigenvalue weighted by atomic mass is 9.76. The van der Waals surface area contributed by atoms with Crippen molar-refractivity contribution in [3.63, 3.8) is 0 Å². The van der Waals surface area contributed by atoms with Gasteiger partial charge in [-0.3, -0.25) is 9.59 Å². The summed E-state index contributed by atoms with van der Waals surface area (Å²) in [6.45, 7) is 0.833. The van der Waals surface area contributed by atoms with Gasteiger partial charge < -0.3 is 24.1 Å². The first kappa shape index (κ1) is 19.1. The van der Waals surface area contributed by atoms with Crippen LogP contribution in [0.3, 0.4) is 0 Å². The first-order valence-electron chi connectivity index (χ1n) is 10.2. The van der Waals surface area contributed by atoms with Gasteiger partial charge in [-0.1, -0.05) is 24.3 Å². The van der Waals surface area contributed by atoms with Crippen LogP contribution in [0.15, 0.2) is 59.2 Å². The zero-order chi connectivity index (χ0) is 20.9. The number of aliphatic hydroxyl groups is 1. The minimum absolute atomic E-state index is 0.0819. The first-order valence-corrected chi connectivity index (χ1v) is 10.2. The number of aliphatic hydroxyl groups excluding tert-OH is 1. The van der Waals surface area contributed by atoms with E-state index in [9.17, 15) is 9.59 Å². The number of rotatable bonds is 6. The highest BCUT2D eigenvalue weighted by atomic mass is 16.5. The molecular formula is C23H24N2O5. The first-order chi connectivity index (χ1) is 14.5. The van der Waals surface area contributed by atoms with Crippen LogP contribution in [0.25, 0.3) is 0 Å². The fourth-order valence-corrected chi connectivity index (χ4v) is 4.94. The number of anilines is 1. The molecule has 2 saturated heterocycles. The summed E-state index contributed by atoms with van der Waals surface area (Å²) in [4.78, 5) is 30.0. The van der Waals surface area contributed by atoms with Gasteiger partial charge in [-0.2, -0.15) is 0 Å². The van der Waals surface area contributed by atoms with E-state index in [2.05, 4.69) is 0 Å². The summed E-state index contributed by atoms with van der Waals surface area (Å²) in [6, 6.07) is 11.2. The van der Waals surface area contributed by atoms with Gasteiger partial charge >= 0.3 is 0 Å². The van der Waals surface area contributed by atoms with Crippen molar-refractivity contribution in [2.24, 2.45) is 11.8 Å². The second kappa shape index (κ2) is 7.11. The van der Waals surface area contributed by atoms with Crippen LogP contribution in [-0.2, 0) is 27.3 Å². The highest BCUT2D eigenvalue weighted by Gasteiger charge is 2.67. The van der Waals surface area contributed by atoms with Crippen molar-refractivity contribution in [3.05, 3.63) is 66.1 Å². The van der Waals surface area contributed by atoms with Crippen LogP contribution in [0.5, 0.6) is 0 Å². The molecule has 1 N–H and O–H groups in total. The fraction of sp³-hybridized carbons (Fsp3) is 0.391. The highest BCUT2D eigenvalue weighted by molar-refractivity contribution is 6.03. The Hall–Kier alpha value is -2.90. The van der Waals surface area contributed by atoms with Crippen molar-refractivity contribution in [2.45, 2.75) is 24.7 Å². The quantitative estimate of drug-likeness (QED) is 0.737. The molecule has 1 aromatic heterocycles. The molecule has 2 fully saturated rings. The Bertz CT molecular complexity index is 984. The Morgan fingerprint density at radius 3 is 2.80 bits per heavy atom. The van der Waals surface area contributed by atoms with Gasteiger partial charge in [-0.05, 0) is 36.2 Å². The van der Waals surface area contributed by atoms with Gasteiger partial charge in [-0.15, -0.1) is 0 Å². The number of amides is 2. The zero-order valence-electron chi connectivity index (χ0n) is 16.7. The maximum absolute atomic E-state index is 13.4. The third kappa shape index (κ3) is 2.88. The number of benzene rings is 1. The standard InChI is InChI=1S/C23H24N2O5/c1-24(13-17-3-2-12-29-17)21(27)19-18-8-10-23(30-18)14-25(22(28)20(19)23)16-6-4-15(5-7-16)9-11-26/h2-8,10,12,18-20,26H,9,11,13-14H2,1H3/t18-,19?,20?,23-/m1/s1. The molecule has 2 aromatic rings. The van der Waals surface area contributed by atoms with Crippen molar-refractivity contribution >= 4 is 17.5 Å². The topological polar surface area (TPSA) is 83.2 Å². The van der Waals surface area contributed by atoms with E-state index in [-0.39, 0.29) is 24.5 Å². The Morgan fingerprint density at radius 1 is 1.30 bits per heavy atom. The van der Waals surface area contributed by atoms with Crippen molar-refractivity contribution in [1.29, 1.82) is 0 Å². The summed E-state index contributed by atoms with van der Waals surface area (Å²) in [6.07, 6.45) is 5.65. The summed E-state index contributed by atoms with van der Waals surface area (Å²) in [5, 5.41) is 9.10. The number of ether oxygens (including phenoxy) is 1. The van der Waals surface area contributed by atoms with E-state index in [0.717, 1.165) is 11.3 Å². The van der Waals surface area contributed by atoms with Gasteiger partial charge in [0.25, 0.3) is 0 Å². The summed E-state index contributed by atoms with van der Waals surface area (Å²) in [5.41, 5.74) is 1.04. The number of carbonyl (C=O) groups excluding carboxylic acids is 2.